The first-order chi connectivity index (χ1) is 14.9. The normalized spacial score (nSPS) is 13.9. The minimum atomic E-state index is -0.619. The van der Waals surface area contributed by atoms with Gasteiger partial charge in [-0.05, 0) is 50.9 Å². The number of hydrogen-bond donors (Lipinski definition) is 1. The predicted molar refractivity (Wildman–Crippen MR) is 116 cm³/mol. The monoisotopic (exact) mass is 428 g/mol. The molecule has 31 heavy (non-hydrogen) atoms. The molecule has 10 heteroatoms. The molecule has 166 valence electrons. The summed E-state index contributed by atoms with van der Waals surface area (Å²) >= 11 is 0. The third-order valence-electron chi connectivity index (χ3n) is 5.08. The number of anilines is 2. The van der Waals surface area contributed by atoms with Crippen molar-refractivity contribution in [2.24, 2.45) is 0 Å². The summed E-state index contributed by atoms with van der Waals surface area (Å²) in [5.41, 5.74) is 7.47. The summed E-state index contributed by atoms with van der Waals surface area (Å²) in [6, 6.07) is 8.00. The number of rotatable bonds is 9. The molecule has 0 atom stereocenters. The van der Waals surface area contributed by atoms with Crippen molar-refractivity contribution in [3.8, 4) is 0 Å². The number of carbonyl (C=O) groups is 1. The maximum absolute atomic E-state index is 12.3. The number of nitrogen functional groups attached to an aromatic ring is 1. The van der Waals surface area contributed by atoms with Crippen LogP contribution in [0.15, 0.2) is 24.3 Å². The fourth-order valence-corrected chi connectivity index (χ4v) is 3.78. The molecule has 1 aromatic carbocycles. The number of likely N-dealkylation sites (tertiary alicyclic amines) is 1. The molecule has 0 bridgehead atoms. The molecule has 3 rings (SSSR count). The smallest absolute Gasteiger partial charge is 0.353 e. The van der Waals surface area contributed by atoms with Crippen molar-refractivity contribution in [3.05, 3.63) is 51.3 Å². The van der Waals surface area contributed by atoms with Crippen LogP contribution in [0.5, 0.6) is 0 Å². The average molecular weight is 428 g/mol. The highest BCUT2D eigenvalue weighted by Gasteiger charge is 2.28. The zero-order valence-electron chi connectivity index (χ0n) is 17.9. The highest BCUT2D eigenvalue weighted by atomic mass is 16.6. The number of nitrogens with two attached hydrogens (primary N) is 1. The SMILES string of the molecule is CCOC(=O)CN(Cc1cccc(CN2CCCC2)c1)c1nc(C)nc(N)c1[N+](=O)[O-]. The molecular formula is C21H28N6O4. The van der Waals surface area contributed by atoms with Gasteiger partial charge in [-0.15, -0.1) is 0 Å². The predicted octanol–water partition coefficient (Wildman–Crippen LogP) is 2.44. The van der Waals surface area contributed by atoms with Crippen molar-refractivity contribution < 1.29 is 14.5 Å². The van der Waals surface area contributed by atoms with Crippen LogP contribution < -0.4 is 10.6 Å². The van der Waals surface area contributed by atoms with Gasteiger partial charge >= 0.3 is 11.7 Å². The van der Waals surface area contributed by atoms with Crippen molar-refractivity contribution >= 4 is 23.3 Å². The maximum Gasteiger partial charge on any atom is 0.353 e. The van der Waals surface area contributed by atoms with Crippen LogP contribution in [0.4, 0.5) is 17.3 Å². The number of benzene rings is 1. The van der Waals surface area contributed by atoms with E-state index < -0.39 is 16.6 Å². The molecule has 1 saturated heterocycles. The average Bonchev–Trinajstić information content (AvgIpc) is 3.20. The lowest BCUT2D eigenvalue weighted by atomic mass is 10.1. The topological polar surface area (TPSA) is 128 Å². The van der Waals surface area contributed by atoms with E-state index in [1.807, 2.05) is 12.1 Å². The van der Waals surface area contributed by atoms with Crippen molar-refractivity contribution in [2.75, 3.05) is 36.9 Å². The van der Waals surface area contributed by atoms with E-state index >= 15 is 0 Å². The first kappa shape index (κ1) is 22.4. The highest BCUT2D eigenvalue weighted by Crippen LogP contribution is 2.32. The van der Waals surface area contributed by atoms with Crippen molar-refractivity contribution in [3.63, 3.8) is 0 Å². The largest absolute Gasteiger partial charge is 0.465 e. The van der Waals surface area contributed by atoms with E-state index in [0.717, 1.165) is 30.8 Å². The first-order valence-electron chi connectivity index (χ1n) is 10.4. The van der Waals surface area contributed by atoms with E-state index in [2.05, 4.69) is 27.0 Å². The van der Waals surface area contributed by atoms with Crippen LogP contribution in [0.1, 0.15) is 36.7 Å². The second-order valence-corrected chi connectivity index (χ2v) is 7.55. The minimum absolute atomic E-state index is 0.00741. The van der Waals surface area contributed by atoms with Crippen LogP contribution >= 0.6 is 0 Å². The maximum atomic E-state index is 12.3. The lowest BCUT2D eigenvalue weighted by Crippen LogP contribution is -2.32. The number of hydrogen-bond acceptors (Lipinski definition) is 9. The van der Waals surface area contributed by atoms with Crippen LogP contribution in [0.25, 0.3) is 0 Å². The third kappa shape index (κ3) is 5.88. The quantitative estimate of drug-likeness (QED) is 0.364. The van der Waals surface area contributed by atoms with Gasteiger partial charge in [0.1, 0.15) is 12.4 Å². The van der Waals surface area contributed by atoms with Crippen LogP contribution in [0.3, 0.4) is 0 Å². The van der Waals surface area contributed by atoms with Gasteiger partial charge in [0.15, 0.2) is 0 Å². The lowest BCUT2D eigenvalue weighted by Gasteiger charge is -2.23. The van der Waals surface area contributed by atoms with Crippen molar-refractivity contribution in [1.29, 1.82) is 0 Å². The highest BCUT2D eigenvalue weighted by molar-refractivity contribution is 5.78. The summed E-state index contributed by atoms with van der Waals surface area (Å²) in [4.78, 5) is 35.4. The molecule has 10 nitrogen and oxygen atoms in total. The van der Waals surface area contributed by atoms with Gasteiger partial charge in [-0.2, -0.15) is 0 Å². The van der Waals surface area contributed by atoms with Gasteiger partial charge in [0, 0.05) is 13.1 Å². The summed E-state index contributed by atoms with van der Waals surface area (Å²) in [7, 11) is 0. The Morgan fingerprint density at radius 1 is 1.29 bits per heavy atom. The van der Waals surface area contributed by atoms with E-state index in [4.69, 9.17) is 10.5 Å². The molecule has 1 aromatic heterocycles. The number of nitrogens with zero attached hydrogens (tertiary/aromatic N) is 5. The number of esters is 1. The van der Waals surface area contributed by atoms with E-state index in [0.29, 0.717) is 0 Å². The molecular weight excluding hydrogens is 400 g/mol. The van der Waals surface area contributed by atoms with Crippen LogP contribution in [-0.4, -0.2) is 52.0 Å². The fourth-order valence-electron chi connectivity index (χ4n) is 3.78. The first-order valence-corrected chi connectivity index (χ1v) is 10.4. The van der Waals surface area contributed by atoms with Gasteiger partial charge in [0.05, 0.1) is 11.5 Å². The Morgan fingerprint density at radius 2 is 2.00 bits per heavy atom. The molecule has 2 aromatic rings. The summed E-state index contributed by atoms with van der Waals surface area (Å²) in [5, 5.41) is 11.7. The van der Waals surface area contributed by atoms with Gasteiger partial charge in [-0.3, -0.25) is 19.8 Å². The zero-order valence-corrected chi connectivity index (χ0v) is 17.9. The van der Waals surface area contributed by atoms with E-state index in [1.165, 1.54) is 17.7 Å². The number of nitro groups is 1. The van der Waals surface area contributed by atoms with Gasteiger partial charge in [-0.25, -0.2) is 9.97 Å². The van der Waals surface area contributed by atoms with Crippen LogP contribution in [0.2, 0.25) is 0 Å². The third-order valence-corrected chi connectivity index (χ3v) is 5.08. The fraction of sp³-hybridized carbons (Fsp3) is 0.476. The number of ether oxygens (including phenoxy) is 1. The molecule has 0 amide bonds. The van der Waals surface area contributed by atoms with Gasteiger partial charge in [0.2, 0.25) is 11.6 Å². The Hall–Kier alpha value is -3.27. The molecule has 0 spiro atoms. The van der Waals surface area contributed by atoms with Crippen molar-refractivity contribution in [1.82, 2.24) is 14.9 Å². The van der Waals surface area contributed by atoms with E-state index in [-0.39, 0.29) is 37.2 Å². The number of aryl methyl sites for hydroxylation is 1. The Morgan fingerprint density at radius 3 is 2.68 bits per heavy atom. The second kappa shape index (κ2) is 10.2. The van der Waals surface area contributed by atoms with E-state index in [1.54, 1.807) is 13.8 Å². The molecule has 0 aliphatic carbocycles. The molecule has 0 radical (unpaired) electrons. The number of aromatic nitrogens is 2. The summed E-state index contributed by atoms with van der Waals surface area (Å²) < 4.78 is 5.07. The van der Waals surface area contributed by atoms with Crippen LogP contribution in [0, 0.1) is 17.0 Å². The Kier molecular flexibility index (Phi) is 7.35. The molecule has 1 fully saturated rings. The zero-order chi connectivity index (χ0) is 22.4. The Balaban J connectivity index is 1.92. The van der Waals surface area contributed by atoms with Gasteiger partial charge in [-0.1, -0.05) is 24.3 Å². The Labute approximate surface area is 181 Å². The molecule has 0 unspecified atom stereocenters. The summed E-state index contributed by atoms with van der Waals surface area (Å²) in [6.07, 6.45) is 2.43. The van der Waals surface area contributed by atoms with E-state index in [9.17, 15) is 14.9 Å². The van der Waals surface area contributed by atoms with Crippen molar-refractivity contribution in [2.45, 2.75) is 39.8 Å². The second-order valence-electron chi connectivity index (χ2n) is 7.55. The Bertz CT molecular complexity index is 945. The summed E-state index contributed by atoms with van der Waals surface area (Å²) in [5.74, 6) is -0.438. The molecule has 1 aliphatic heterocycles. The standard InChI is InChI=1S/C21H28N6O4/c1-3-31-18(28)14-26(21-19(27(29)30)20(22)23-15(2)24-21)13-17-8-6-7-16(11-17)12-25-9-4-5-10-25/h6-8,11H,3-5,9-10,12-14H2,1-2H3,(H2,22,23,24). The molecule has 2 heterocycles. The minimum Gasteiger partial charge on any atom is -0.465 e. The van der Waals surface area contributed by atoms with Gasteiger partial charge in [0.25, 0.3) is 0 Å². The van der Waals surface area contributed by atoms with Crippen LogP contribution in [-0.2, 0) is 22.6 Å². The summed E-state index contributed by atoms with van der Waals surface area (Å²) in [6.45, 7) is 6.60. The molecule has 1 aliphatic rings. The number of carbonyl (C=O) groups excluding carboxylic acids is 1. The molecule has 2 N–H and O–H groups in total. The van der Waals surface area contributed by atoms with Gasteiger partial charge < -0.3 is 15.4 Å². The molecule has 0 saturated carbocycles. The lowest BCUT2D eigenvalue weighted by molar-refractivity contribution is -0.383.